The fourth-order valence-corrected chi connectivity index (χ4v) is 3.45. The third-order valence-electron chi connectivity index (χ3n) is 4.37. The maximum Gasteiger partial charge on any atom is 0.203 e. The molecule has 0 atom stereocenters. The minimum Gasteiger partial charge on any atom is -0.489 e. The molecule has 0 aliphatic heterocycles. The third-order valence-corrected chi connectivity index (χ3v) is 5.12. The second-order valence-corrected chi connectivity index (χ2v) is 7.30. The molecule has 0 aliphatic carbocycles. The highest BCUT2D eigenvalue weighted by Gasteiger charge is 2.09. The molecule has 1 N–H and O–H groups in total. The molecule has 2 aromatic carbocycles. The van der Waals surface area contributed by atoms with Crippen molar-refractivity contribution in [3.05, 3.63) is 82.6 Å². The molecule has 0 bridgehead atoms. The summed E-state index contributed by atoms with van der Waals surface area (Å²) in [5.41, 5.74) is 7.76. The van der Waals surface area contributed by atoms with Crippen molar-refractivity contribution < 1.29 is 9.26 Å². The van der Waals surface area contributed by atoms with Crippen LogP contribution >= 0.6 is 11.3 Å². The molecule has 6 nitrogen and oxygen atoms in total. The number of nitrogens with zero attached hydrogens (tertiary/aromatic N) is 3. The minimum atomic E-state index is 0.418. The zero-order valence-electron chi connectivity index (χ0n) is 16.1. The Kier molecular flexibility index (Phi) is 5.67. The molecular formula is C22H20N4O2S. The molecule has 4 aromatic rings. The lowest BCUT2D eigenvalue weighted by molar-refractivity contribution is 0.301. The monoisotopic (exact) mass is 404 g/mol. The first-order valence-corrected chi connectivity index (χ1v) is 10.0. The molecule has 0 unspecified atom stereocenters. The maximum atomic E-state index is 5.88. The Morgan fingerprint density at radius 3 is 2.79 bits per heavy atom. The van der Waals surface area contributed by atoms with Crippen molar-refractivity contribution in [3.8, 4) is 17.0 Å². The molecular weight excluding hydrogens is 384 g/mol. The molecule has 29 heavy (non-hydrogen) atoms. The standard InChI is InChI=1S/C22H20N4O2S/c1-15-20(16(2)28-26-15)13-27-19-10-6-7-17(11-19)12-23-25-22-24-21(14-29-22)18-8-4-3-5-9-18/h3-12,14H,13H2,1-2H3,(H,24,25). The predicted octanol–water partition coefficient (Wildman–Crippen LogP) is 5.44. The van der Waals surface area contributed by atoms with Crippen molar-refractivity contribution in [2.45, 2.75) is 20.5 Å². The number of aromatic nitrogens is 2. The molecule has 4 rings (SSSR count). The van der Waals surface area contributed by atoms with E-state index in [-0.39, 0.29) is 0 Å². The predicted molar refractivity (Wildman–Crippen MR) is 116 cm³/mol. The van der Waals surface area contributed by atoms with Crippen LogP contribution in [-0.4, -0.2) is 16.4 Å². The molecule has 0 aliphatic rings. The molecule has 0 fully saturated rings. The van der Waals surface area contributed by atoms with Crippen molar-refractivity contribution in [2.24, 2.45) is 5.10 Å². The molecule has 0 radical (unpaired) electrons. The molecule has 0 amide bonds. The first-order chi connectivity index (χ1) is 14.2. The van der Waals surface area contributed by atoms with Crippen LogP contribution < -0.4 is 10.2 Å². The van der Waals surface area contributed by atoms with E-state index >= 15 is 0 Å². The van der Waals surface area contributed by atoms with Gasteiger partial charge in [0.15, 0.2) is 0 Å². The van der Waals surface area contributed by atoms with E-state index in [2.05, 4.69) is 20.7 Å². The number of nitrogens with one attached hydrogen (secondary N) is 1. The van der Waals surface area contributed by atoms with Crippen LogP contribution in [0.4, 0.5) is 5.13 Å². The quantitative estimate of drug-likeness (QED) is 0.328. The highest BCUT2D eigenvalue weighted by atomic mass is 32.1. The average Bonchev–Trinajstić information content (AvgIpc) is 3.34. The fraction of sp³-hybridized carbons (Fsp3) is 0.136. The molecule has 2 heterocycles. The Labute approximate surface area is 172 Å². The molecule has 0 saturated heterocycles. The van der Waals surface area contributed by atoms with Gasteiger partial charge < -0.3 is 9.26 Å². The highest BCUT2D eigenvalue weighted by molar-refractivity contribution is 7.14. The highest BCUT2D eigenvalue weighted by Crippen LogP contribution is 2.24. The Bertz CT molecular complexity index is 1100. The maximum absolute atomic E-state index is 5.88. The summed E-state index contributed by atoms with van der Waals surface area (Å²) in [7, 11) is 0. The lowest BCUT2D eigenvalue weighted by Crippen LogP contribution is -1.98. The van der Waals surface area contributed by atoms with Crippen LogP contribution in [0.3, 0.4) is 0 Å². The van der Waals surface area contributed by atoms with E-state index in [1.165, 1.54) is 11.3 Å². The Hall–Kier alpha value is -3.45. The normalized spacial score (nSPS) is 11.1. The van der Waals surface area contributed by atoms with Crippen molar-refractivity contribution in [2.75, 3.05) is 5.43 Å². The Morgan fingerprint density at radius 1 is 1.14 bits per heavy atom. The number of rotatable bonds is 7. The van der Waals surface area contributed by atoms with Gasteiger partial charge in [-0.15, -0.1) is 11.3 Å². The van der Waals surface area contributed by atoms with E-state index in [1.807, 2.05) is 73.8 Å². The minimum absolute atomic E-state index is 0.418. The number of thiazole rings is 1. The van der Waals surface area contributed by atoms with Crippen LogP contribution in [0.25, 0.3) is 11.3 Å². The summed E-state index contributed by atoms with van der Waals surface area (Å²) in [4.78, 5) is 4.56. The van der Waals surface area contributed by atoms with Gasteiger partial charge in [-0.3, -0.25) is 5.43 Å². The van der Waals surface area contributed by atoms with E-state index in [0.29, 0.717) is 6.61 Å². The summed E-state index contributed by atoms with van der Waals surface area (Å²) in [5.74, 6) is 1.54. The number of ether oxygens (including phenoxy) is 1. The van der Waals surface area contributed by atoms with Crippen LogP contribution in [-0.2, 0) is 6.61 Å². The number of hydrogen-bond donors (Lipinski definition) is 1. The van der Waals surface area contributed by atoms with Crippen molar-refractivity contribution in [1.82, 2.24) is 10.1 Å². The van der Waals surface area contributed by atoms with Crippen LogP contribution in [0.2, 0.25) is 0 Å². The van der Waals surface area contributed by atoms with Crippen LogP contribution in [0.15, 0.2) is 69.6 Å². The van der Waals surface area contributed by atoms with Gasteiger partial charge in [0.05, 0.1) is 23.2 Å². The number of hydrazone groups is 1. The summed E-state index contributed by atoms with van der Waals surface area (Å²) in [6.45, 7) is 4.21. The topological polar surface area (TPSA) is 72.5 Å². The van der Waals surface area contributed by atoms with Gasteiger partial charge >= 0.3 is 0 Å². The molecule has 7 heteroatoms. The number of benzene rings is 2. The smallest absolute Gasteiger partial charge is 0.203 e. The van der Waals surface area contributed by atoms with E-state index in [4.69, 9.17) is 9.26 Å². The van der Waals surface area contributed by atoms with Crippen LogP contribution in [0, 0.1) is 13.8 Å². The number of aryl methyl sites for hydroxylation is 2. The number of hydrogen-bond acceptors (Lipinski definition) is 7. The van der Waals surface area contributed by atoms with Gasteiger partial charge in [0.25, 0.3) is 0 Å². The van der Waals surface area contributed by atoms with Gasteiger partial charge in [0.1, 0.15) is 18.1 Å². The SMILES string of the molecule is Cc1noc(C)c1COc1cccc(C=NNc2nc(-c3ccccc3)cs2)c1. The van der Waals surface area contributed by atoms with E-state index in [1.54, 1.807) is 6.21 Å². The largest absolute Gasteiger partial charge is 0.489 e. The van der Waals surface area contributed by atoms with Gasteiger partial charge in [-0.2, -0.15) is 5.10 Å². The van der Waals surface area contributed by atoms with Gasteiger partial charge in [0, 0.05) is 10.9 Å². The van der Waals surface area contributed by atoms with Crippen LogP contribution in [0.1, 0.15) is 22.6 Å². The first-order valence-electron chi connectivity index (χ1n) is 9.13. The zero-order valence-corrected chi connectivity index (χ0v) is 16.9. The Balaban J connectivity index is 1.37. The van der Waals surface area contributed by atoms with Gasteiger partial charge in [-0.25, -0.2) is 4.98 Å². The summed E-state index contributed by atoms with van der Waals surface area (Å²) in [6, 6.07) is 17.8. The first kappa shape index (κ1) is 18.9. The number of anilines is 1. The second-order valence-electron chi connectivity index (χ2n) is 6.44. The summed E-state index contributed by atoms with van der Waals surface area (Å²) in [5, 5.41) is 11.0. The molecule has 0 saturated carbocycles. The second kappa shape index (κ2) is 8.70. The zero-order chi connectivity index (χ0) is 20.1. The van der Waals surface area contributed by atoms with Crippen molar-refractivity contribution in [3.63, 3.8) is 0 Å². The third kappa shape index (κ3) is 4.70. The average molecular weight is 404 g/mol. The molecule has 2 aromatic heterocycles. The van der Waals surface area contributed by atoms with Crippen molar-refractivity contribution in [1.29, 1.82) is 0 Å². The van der Waals surface area contributed by atoms with Gasteiger partial charge in [-0.05, 0) is 31.5 Å². The van der Waals surface area contributed by atoms with Gasteiger partial charge in [0.2, 0.25) is 5.13 Å². The lowest BCUT2D eigenvalue weighted by Gasteiger charge is -2.06. The lowest BCUT2D eigenvalue weighted by atomic mass is 10.2. The van der Waals surface area contributed by atoms with E-state index in [0.717, 1.165) is 44.7 Å². The molecule has 0 spiro atoms. The van der Waals surface area contributed by atoms with Gasteiger partial charge in [-0.1, -0.05) is 47.6 Å². The summed E-state index contributed by atoms with van der Waals surface area (Å²) >= 11 is 1.52. The van der Waals surface area contributed by atoms with Crippen LogP contribution in [0.5, 0.6) is 5.75 Å². The van der Waals surface area contributed by atoms with E-state index < -0.39 is 0 Å². The van der Waals surface area contributed by atoms with E-state index in [9.17, 15) is 0 Å². The Morgan fingerprint density at radius 2 is 2.00 bits per heavy atom. The fourth-order valence-electron chi connectivity index (χ4n) is 2.78. The van der Waals surface area contributed by atoms with Crippen molar-refractivity contribution >= 4 is 22.7 Å². The summed E-state index contributed by atoms with van der Waals surface area (Å²) < 4.78 is 11.0. The molecule has 146 valence electrons. The summed E-state index contributed by atoms with van der Waals surface area (Å²) in [6.07, 6.45) is 1.74.